The van der Waals surface area contributed by atoms with Crippen LogP contribution in [0.15, 0.2) is 36.4 Å². The first-order valence-electron chi connectivity index (χ1n) is 6.01. The zero-order valence-electron chi connectivity index (χ0n) is 10.3. The molecule has 2 amide bonds. The number of amides is 2. The molecule has 1 fully saturated rings. The Morgan fingerprint density at radius 3 is 2.67 bits per heavy atom. The van der Waals surface area contributed by atoms with E-state index in [4.69, 9.17) is 0 Å². The van der Waals surface area contributed by atoms with Crippen molar-refractivity contribution in [1.82, 2.24) is 10.4 Å². The minimum absolute atomic E-state index is 0.0193. The highest BCUT2D eigenvalue weighted by atomic mass is 16.2. The summed E-state index contributed by atoms with van der Waals surface area (Å²) in [5.74, 6) is -0.277. The van der Waals surface area contributed by atoms with Gasteiger partial charge in [0.15, 0.2) is 0 Å². The fourth-order valence-corrected chi connectivity index (χ4v) is 1.91. The van der Waals surface area contributed by atoms with Gasteiger partial charge in [0.05, 0.1) is 0 Å². The van der Waals surface area contributed by atoms with Gasteiger partial charge in [-0.1, -0.05) is 30.3 Å². The molecule has 0 aromatic heterocycles. The van der Waals surface area contributed by atoms with E-state index in [0.717, 1.165) is 17.6 Å². The summed E-state index contributed by atoms with van der Waals surface area (Å²) < 4.78 is 0. The average molecular weight is 244 g/mol. The zero-order valence-corrected chi connectivity index (χ0v) is 10.3. The highest BCUT2D eigenvalue weighted by Crippen LogP contribution is 2.12. The molecule has 0 spiro atoms. The number of carbonyl (C=O) groups is 2. The van der Waals surface area contributed by atoms with Crippen molar-refractivity contribution in [3.63, 3.8) is 0 Å². The molecule has 0 unspecified atom stereocenters. The quantitative estimate of drug-likeness (QED) is 0.823. The number of allylic oxidation sites excluding steroid dienone is 1. The van der Waals surface area contributed by atoms with Crippen LogP contribution >= 0.6 is 0 Å². The average Bonchev–Trinajstić information content (AvgIpc) is 2.76. The molecular weight excluding hydrogens is 228 g/mol. The van der Waals surface area contributed by atoms with Gasteiger partial charge in [0.2, 0.25) is 5.91 Å². The van der Waals surface area contributed by atoms with Gasteiger partial charge in [-0.05, 0) is 24.5 Å². The molecule has 2 rings (SSSR count). The van der Waals surface area contributed by atoms with Gasteiger partial charge in [-0.15, -0.1) is 0 Å². The number of benzene rings is 1. The predicted molar refractivity (Wildman–Crippen MR) is 69.2 cm³/mol. The van der Waals surface area contributed by atoms with Gasteiger partial charge in [0.25, 0.3) is 5.91 Å². The standard InChI is InChI=1S/C14H16N2O2/c1-11(12-6-3-2-4-7-12)10-13(17)15-16-9-5-8-14(16)18/h2-4,6-7,10H,5,8-9H2,1H3,(H,15,17). The van der Waals surface area contributed by atoms with Crippen LogP contribution in [0.4, 0.5) is 0 Å². The van der Waals surface area contributed by atoms with Gasteiger partial charge in [0.1, 0.15) is 0 Å². The largest absolute Gasteiger partial charge is 0.273 e. The van der Waals surface area contributed by atoms with E-state index in [2.05, 4.69) is 5.43 Å². The van der Waals surface area contributed by atoms with Crippen LogP contribution in [0.2, 0.25) is 0 Å². The van der Waals surface area contributed by atoms with Crippen LogP contribution in [0.25, 0.3) is 5.57 Å². The van der Waals surface area contributed by atoms with Gasteiger partial charge < -0.3 is 0 Å². The SMILES string of the molecule is CC(=CC(=O)NN1CCCC1=O)c1ccccc1. The van der Waals surface area contributed by atoms with Gasteiger partial charge in [0, 0.05) is 19.0 Å². The summed E-state index contributed by atoms with van der Waals surface area (Å²) in [5.41, 5.74) is 4.47. The molecule has 0 atom stereocenters. The Morgan fingerprint density at radius 1 is 1.33 bits per heavy atom. The number of nitrogens with zero attached hydrogens (tertiary/aromatic N) is 1. The van der Waals surface area contributed by atoms with E-state index >= 15 is 0 Å². The van der Waals surface area contributed by atoms with Crippen LogP contribution < -0.4 is 5.43 Å². The van der Waals surface area contributed by atoms with Crippen LogP contribution in [0.3, 0.4) is 0 Å². The number of hydrogen-bond donors (Lipinski definition) is 1. The Morgan fingerprint density at radius 2 is 2.06 bits per heavy atom. The third-order valence-electron chi connectivity index (χ3n) is 2.90. The molecule has 4 nitrogen and oxygen atoms in total. The molecule has 1 saturated heterocycles. The van der Waals surface area contributed by atoms with Crippen LogP contribution in [0.1, 0.15) is 25.3 Å². The van der Waals surface area contributed by atoms with Crippen LogP contribution in [0.5, 0.6) is 0 Å². The molecule has 1 aromatic rings. The molecule has 0 saturated carbocycles. The van der Waals surface area contributed by atoms with Crippen molar-refractivity contribution < 1.29 is 9.59 Å². The maximum atomic E-state index is 11.7. The maximum Gasteiger partial charge on any atom is 0.262 e. The lowest BCUT2D eigenvalue weighted by molar-refractivity contribution is -0.136. The number of rotatable bonds is 3. The summed E-state index contributed by atoms with van der Waals surface area (Å²) >= 11 is 0. The summed E-state index contributed by atoms with van der Waals surface area (Å²) in [7, 11) is 0. The van der Waals surface area contributed by atoms with Crippen molar-refractivity contribution in [2.75, 3.05) is 6.54 Å². The van der Waals surface area contributed by atoms with Crippen LogP contribution in [-0.4, -0.2) is 23.4 Å². The highest BCUT2D eigenvalue weighted by molar-refractivity contribution is 5.96. The van der Waals surface area contributed by atoms with E-state index in [1.54, 1.807) is 0 Å². The molecule has 4 heteroatoms. The molecular formula is C14H16N2O2. The molecule has 18 heavy (non-hydrogen) atoms. The Kier molecular flexibility index (Phi) is 3.77. The summed E-state index contributed by atoms with van der Waals surface area (Å²) in [5, 5.41) is 1.39. The van der Waals surface area contributed by atoms with E-state index in [1.165, 1.54) is 11.1 Å². The number of hydrazine groups is 1. The summed E-state index contributed by atoms with van der Waals surface area (Å²) in [6.07, 6.45) is 2.84. The van der Waals surface area contributed by atoms with Gasteiger partial charge in [-0.2, -0.15) is 0 Å². The molecule has 94 valence electrons. The second-order valence-corrected chi connectivity index (χ2v) is 4.32. The minimum Gasteiger partial charge on any atom is -0.273 e. The Balaban J connectivity index is 2.00. The van der Waals surface area contributed by atoms with Crippen molar-refractivity contribution in [1.29, 1.82) is 0 Å². The second-order valence-electron chi connectivity index (χ2n) is 4.32. The maximum absolute atomic E-state index is 11.7. The predicted octanol–water partition coefficient (Wildman–Crippen LogP) is 1.74. The normalized spacial score (nSPS) is 15.9. The first-order chi connectivity index (χ1) is 8.66. The zero-order chi connectivity index (χ0) is 13.0. The molecule has 1 heterocycles. The smallest absolute Gasteiger partial charge is 0.262 e. The fourth-order valence-electron chi connectivity index (χ4n) is 1.91. The second kappa shape index (κ2) is 5.49. The molecule has 0 radical (unpaired) electrons. The van der Waals surface area contributed by atoms with Crippen molar-refractivity contribution in [3.8, 4) is 0 Å². The van der Waals surface area contributed by atoms with Crippen molar-refractivity contribution >= 4 is 17.4 Å². The van der Waals surface area contributed by atoms with E-state index < -0.39 is 0 Å². The number of carbonyl (C=O) groups excluding carboxylic acids is 2. The molecule has 1 aliphatic heterocycles. The van der Waals surface area contributed by atoms with Gasteiger partial charge in [-0.25, -0.2) is 0 Å². The lowest BCUT2D eigenvalue weighted by Crippen LogP contribution is -2.42. The number of hydrogen-bond acceptors (Lipinski definition) is 2. The molecule has 1 N–H and O–H groups in total. The van der Waals surface area contributed by atoms with Crippen molar-refractivity contribution in [2.45, 2.75) is 19.8 Å². The lowest BCUT2D eigenvalue weighted by atomic mass is 10.1. The number of nitrogens with one attached hydrogen (secondary N) is 1. The van der Waals surface area contributed by atoms with Crippen molar-refractivity contribution in [2.24, 2.45) is 0 Å². The first-order valence-corrected chi connectivity index (χ1v) is 6.01. The minimum atomic E-state index is -0.258. The topological polar surface area (TPSA) is 49.4 Å². The fraction of sp³-hybridized carbons (Fsp3) is 0.286. The third-order valence-corrected chi connectivity index (χ3v) is 2.90. The highest BCUT2D eigenvalue weighted by Gasteiger charge is 2.21. The van der Waals surface area contributed by atoms with Gasteiger partial charge >= 0.3 is 0 Å². The van der Waals surface area contributed by atoms with Crippen molar-refractivity contribution in [3.05, 3.63) is 42.0 Å². The van der Waals surface area contributed by atoms with E-state index in [1.807, 2.05) is 37.3 Å². The molecule has 1 aromatic carbocycles. The Labute approximate surface area is 106 Å². The van der Waals surface area contributed by atoms with E-state index in [9.17, 15) is 9.59 Å². The summed E-state index contributed by atoms with van der Waals surface area (Å²) in [4.78, 5) is 23.1. The summed E-state index contributed by atoms with van der Waals surface area (Å²) in [6.45, 7) is 2.48. The third kappa shape index (κ3) is 2.97. The molecule has 0 aliphatic carbocycles. The van der Waals surface area contributed by atoms with E-state index in [0.29, 0.717) is 13.0 Å². The monoisotopic (exact) mass is 244 g/mol. The van der Waals surface area contributed by atoms with Crippen LogP contribution in [0, 0.1) is 0 Å². The lowest BCUT2D eigenvalue weighted by Gasteiger charge is -2.15. The Hall–Kier alpha value is -2.10. The Bertz CT molecular complexity index is 480. The van der Waals surface area contributed by atoms with Crippen LogP contribution in [-0.2, 0) is 9.59 Å². The first kappa shape index (κ1) is 12.4. The molecule has 0 bridgehead atoms. The van der Waals surface area contributed by atoms with E-state index in [-0.39, 0.29) is 11.8 Å². The molecule has 1 aliphatic rings. The summed E-state index contributed by atoms with van der Waals surface area (Å²) in [6, 6.07) is 9.67. The van der Waals surface area contributed by atoms with Gasteiger partial charge in [-0.3, -0.25) is 20.0 Å².